The fraction of sp³-hybridized carbons (Fsp3) is 1.00. The van der Waals surface area contributed by atoms with Crippen molar-refractivity contribution in [3.63, 3.8) is 0 Å². The summed E-state index contributed by atoms with van der Waals surface area (Å²) in [7, 11) is 1.62. The van der Waals surface area contributed by atoms with E-state index in [4.69, 9.17) is 4.74 Å². The smallest absolute Gasteiger partial charge is 0.0785 e. The summed E-state index contributed by atoms with van der Waals surface area (Å²) >= 11 is 0. The number of nitrogens with zero attached hydrogens (tertiary/aromatic N) is 1. The van der Waals surface area contributed by atoms with Gasteiger partial charge in [0.25, 0.3) is 0 Å². The van der Waals surface area contributed by atoms with Crippen LogP contribution in [0, 0.1) is 5.92 Å². The Morgan fingerprint density at radius 3 is 2.75 bits per heavy atom. The number of aliphatic hydroxyl groups excluding tert-OH is 1. The standard InChI is InChI=1S/C9H19NO2/c1-8-5-10(6-8)4-3-9(11)7-12-2/h8-9,11H,3-7H2,1-2H3. The van der Waals surface area contributed by atoms with E-state index in [1.54, 1.807) is 7.11 Å². The van der Waals surface area contributed by atoms with Crippen molar-refractivity contribution in [2.45, 2.75) is 19.4 Å². The van der Waals surface area contributed by atoms with Crippen molar-refractivity contribution in [1.82, 2.24) is 4.90 Å². The lowest BCUT2D eigenvalue weighted by atomic mass is 10.0. The van der Waals surface area contributed by atoms with Crippen LogP contribution in [-0.2, 0) is 4.74 Å². The summed E-state index contributed by atoms with van der Waals surface area (Å²) < 4.78 is 4.84. The summed E-state index contributed by atoms with van der Waals surface area (Å²) in [6.45, 7) is 6.11. The largest absolute Gasteiger partial charge is 0.391 e. The van der Waals surface area contributed by atoms with E-state index >= 15 is 0 Å². The van der Waals surface area contributed by atoms with Gasteiger partial charge in [0.1, 0.15) is 0 Å². The van der Waals surface area contributed by atoms with Crippen molar-refractivity contribution < 1.29 is 9.84 Å². The summed E-state index contributed by atoms with van der Waals surface area (Å²) in [5.41, 5.74) is 0. The van der Waals surface area contributed by atoms with Gasteiger partial charge in [-0.1, -0.05) is 6.92 Å². The predicted octanol–water partition coefficient (Wildman–Crippen LogP) is 0.336. The predicted molar refractivity (Wildman–Crippen MR) is 48.1 cm³/mol. The first-order valence-electron chi connectivity index (χ1n) is 4.61. The van der Waals surface area contributed by atoms with E-state index in [0.29, 0.717) is 6.61 Å². The van der Waals surface area contributed by atoms with Crippen LogP contribution < -0.4 is 0 Å². The lowest BCUT2D eigenvalue weighted by Gasteiger charge is -2.37. The van der Waals surface area contributed by atoms with E-state index in [9.17, 15) is 5.11 Å². The molecule has 1 unspecified atom stereocenters. The molecule has 1 aliphatic heterocycles. The number of hydrogen-bond donors (Lipinski definition) is 1. The van der Waals surface area contributed by atoms with Crippen LogP contribution in [0.2, 0.25) is 0 Å². The Balaban J connectivity index is 1.95. The van der Waals surface area contributed by atoms with Crippen molar-refractivity contribution in [3.8, 4) is 0 Å². The highest BCUT2D eigenvalue weighted by atomic mass is 16.5. The molecule has 1 atom stereocenters. The molecule has 72 valence electrons. The first-order chi connectivity index (χ1) is 5.72. The lowest BCUT2D eigenvalue weighted by molar-refractivity contribution is 0.0364. The van der Waals surface area contributed by atoms with E-state index < -0.39 is 0 Å². The van der Waals surface area contributed by atoms with Gasteiger partial charge in [-0.3, -0.25) is 0 Å². The Morgan fingerprint density at radius 2 is 2.25 bits per heavy atom. The molecule has 12 heavy (non-hydrogen) atoms. The summed E-state index contributed by atoms with van der Waals surface area (Å²) in [6, 6.07) is 0. The maximum absolute atomic E-state index is 9.33. The first-order valence-corrected chi connectivity index (χ1v) is 4.61. The second-order valence-electron chi connectivity index (χ2n) is 3.76. The molecule has 1 N–H and O–H groups in total. The Bertz CT molecular complexity index is 119. The molecule has 0 spiro atoms. The molecular weight excluding hydrogens is 154 g/mol. The van der Waals surface area contributed by atoms with Gasteiger partial charge in [0.2, 0.25) is 0 Å². The third kappa shape index (κ3) is 3.09. The Kier molecular flexibility index (Phi) is 3.98. The molecule has 0 amide bonds. The van der Waals surface area contributed by atoms with Crippen molar-refractivity contribution >= 4 is 0 Å². The van der Waals surface area contributed by atoms with Crippen LogP contribution in [-0.4, -0.2) is 49.5 Å². The minimum absolute atomic E-state index is 0.286. The number of rotatable bonds is 5. The fourth-order valence-corrected chi connectivity index (χ4v) is 1.62. The Morgan fingerprint density at radius 1 is 1.58 bits per heavy atom. The fourth-order valence-electron chi connectivity index (χ4n) is 1.62. The zero-order valence-electron chi connectivity index (χ0n) is 7.99. The lowest BCUT2D eigenvalue weighted by Crippen LogP contribution is -2.46. The third-order valence-electron chi connectivity index (χ3n) is 2.28. The van der Waals surface area contributed by atoms with Crippen molar-refractivity contribution in [3.05, 3.63) is 0 Å². The molecule has 0 aromatic heterocycles. The topological polar surface area (TPSA) is 32.7 Å². The summed E-state index contributed by atoms with van der Waals surface area (Å²) in [6.07, 6.45) is 0.548. The number of methoxy groups -OCH3 is 1. The maximum Gasteiger partial charge on any atom is 0.0785 e. The maximum atomic E-state index is 9.33. The van der Waals surface area contributed by atoms with E-state index in [1.165, 1.54) is 13.1 Å². The van der Waals surface area contributed by atoms with Crippen molar-refractivity contribution in [1.29, 1.82) is 0 Å². The molecule has 0 saturated carbocycles. The van der Waals surface area contributed by atoms with E-state index in [2.05, 4.69) is 11.8 Å². The highest BCUT2D eigenvalue weighted by Gasteiger charge is 2.22. The normalized spacial score (nSPS) is 22.2. The molecule has 3 nitrogen and oxygen atoms in total. The summed E-state index contributed by atoms with van der Waals surface area (Å²) in [5.74, 6) is 0.851. The van der Waals surface area contributed by atoms with Crippen LogP contribution >= 0.6 is 0 Å². The second-order valence-corrected chi connectivity index (χ2v) is 3.76. The zero-order valence-corrected chi connectivity index (χ0v) is 7.99. The van der Waals surface area contributed by atoms with Gasteiger partial charge in [0.15, 0.2) is 0 Å². The summed E-state index contributed by atoms with van der Waals surface area (Å²) in [5, 5.41) is 9.33. The van der Waals surface area contributed by atoms with Gasteiger partial charge >= 0.3 is 0 Å². The van der Waals surface area contributed by atoms with Crippen LogP contribution in [0.4, 0.5) is 0 Å². The molecule has 0 aromatic carbocycles. The van der Waals surface area contributed by atoms with Crippen LogP contribution in [0.25, 0.3) is 0 Å². The van der Waals surface area contributed by atoms with E-state index in [-0.39, 0.29) is 6.10 Å². The minimum atomic E-state index is -0.286. The van der Waals surface area contributed by atoms with Crippen molar-refractivity contribution in [2.24, 2.45) is 5.92 Å². The summed E-state index contributed by atoms with van der Waals surface area (Å²) in [4.78, 5) is 2.36. The molecule has 1 fully saturated rings. The average Bonchev–Trinajstić information content (AvgIpc) is 1.96. The van der Waals surface area contributed by atoms with Gasteiger partial charge in [-0.2, -0.15) is 0 Å². The molecule has 1 aliphatic rings. The number of hydrogen-bond acceptors (Lipinski definition) is 3. The molecule has 0 bridgehead atoms. The van der Waals surface area contributed by atoms with E-state index in [1.807, 2.05) is 0 Å². The third-order valence-corrected chi connectivity index (χ3v) is 2.28. The van der Waals surface area contributed by atoms with Gasteiger partial charge in [-0.25, -0.2) is 0 Å². The van der Waals surface area contributed by atoms with Crippen LogP contribution in [0.1, 0.15) is 13.3 Å². The zero-order chi connectivity index (χ0) is 8.97. The number of likely N-dealkylation sites (tertiary alicyclic amines) is 1. The molecule has 0 radical (unpaired) electrons. The van der Waals surface area contributed by atoms with Gasteiger partial charge in [-0.05, 0) is 12.3 Å². The van der Waals surface area contributed by atoms with Crippen LogP contribution in [0.15, 0.2) is 0 Å². The highest BCUT2D eigenvalue weighted by molar-refractivity contribution is 4.76. The molecule has 1 rings (SSSR count). The molecule has 1 saturated heterocycles. The number of aliphatic hydroxyl groups is 1. The second kappa shape index (κ2) is 4.80. The molecular formula is C9H19NO2. The quantitative estimate of drug-likeness (QED) is 0.650. The van der Waals surface area contributed by atoms with Gasteiger partial charge < -0.3 is 14.7 Å². The van der Waals surface area contributed by atoms with Crippen LogP contribution in [0.5, 0.6) is 0 Å². The minimum Gasteiger partial charge on any atom is -0.391 e. The van der Waals surface area contributed by atoms with Gasteiger partial charge in [0, 0.05) is 26.7 Å². The monoisotopic (exact) mass is 173 g/mol. The van der Waals surface area contributed by atoms with Crippen molar-refractivity contribution in [2.75, 3.05) is 33.4 Å². The molecule has 1 heterocycles. The van der Waals surface area contributed by atoms with E-state index in [0.717, 1.165) is 18.9 Å². The Labute approximate surface area is 74.3 Å². The number of ether oxygens (including phenoxy) is 1. The van der Waals surface area contributed by atoms with Gasteiger partial charge in [-0.15, -0.1) is 0 Å². The first kappa shape index (κ1) is 9.96. The molecule has 0 aromatic rings. The molecule has 3 heteroatoms. The highest BCUT2D eigenvalue weighted by Crippen LogP contribution is 2.14. The molecule has 0 aliphatic carbocycles. The van der Waals surface area contributed by atoms with Crippen LogP contribution in [0.3, 0.4) is 0 Å². The Hall–Kier alpha value is -0.120. The van der Waals surface area contributed by atoms with Gasteiger partial charge in [0.05, 0.1) is 12.7 Å². The SMILES string of the molecule is COCC(O)CCN1CC(C)C1. The average molecular weight is 173 g/mol.